The molecule has 0 aromatic carbocycles. The highest BCUT2D eigenvalue weighted by Gasteiger charge is 2.46. The SMILES string of the molecule is CCC(C)(C)N1CCC(NC)C(F)(F)C1. The van der Waals surface area contributed by atoms with Crippen molar-refractivity contribution >= 4 is 0 Å². The molecule has 0 radical (unpaired) electrons. The molecule has 0 saturated carbocycles. The normalized spacial score (nSPS) is 28.0. The van der Waals surface area contributed by atoms with Gasteiger partial charge in [-0.15, -0.1) is 0 Å². The summed E-state index contributed by atoms with van der Waals surface area (Å²) in [5.41, 5.74) is -0.123. The molecule has 1 fully saturated rings. The van der Waals surface area contributed by atoms with Gasteiger partial charge in [0.25, 0.3) is 5.92 Å². The molecule has 4 heteroatoms. The lowest BCUT2D eigenvalue weighted by Crippen LogP contribution is -2.60. The molecule has 1 aliphatic rings. The zero-order valence-electron chi connectivity index (χ0n) is 10.1. The van der Waals surface area contributed by atoms with E-state index in [0.29, 0.717) is 6.42 Å². The molecule has 1 heterocycles. The molecule has 0 bridgehead atoms. The molecular weight excluding hydrogens is 198 g/mol. The van der Waals surface area contributed by atoms with Crippen molar-refractivity contribution in [2.75, 3.05) is 20.1 Å². The standard InChI is InChI=1S/C11H22F2N2/c1-5-10(2,3)15-7-6-9(14-4)11(12,13)8-15/h9,14H,5-8H2,1-4H3. The van der Waals surface area contributed by atoms with Crippen molar-refractivity contribution in [1.82, 2.24) is 10.2 Å². The van der Waals surface area contributed by atoms with Crippen LogP contribution in [0.4, 0.5) is 8.78 Å². The van der Waals surface area contributed by atoms with Crippen LogP contribution >= 0.6 is 0 Å². The van der Waals surface area contributed by atoms with Crippen LogP contribution in [0.25, 0.3) is 0 Å². The highest BCUT2D eigenvalue weighted by molar-refractivity contribution is 4.95. The number of likely N-dealkylation sites (tertiary alicyclic amines) is 1. The van der Waals surface area contributed by atoms with E-state index < -0.39 is 12.0 Å². The number of hydrogen-bond acceptors (Lipinski definition) is 2. The molecular formula is C11H22F2N2. The van der Waals surface area contributed by atoms with Crippen LogP contribution in [0.15, 0.2) is 0 Å². The summed E-state index contributed by atoms with van der Waals surface area (Å²) in [6.45, 7) is 6.73. The number of nitrogens with one attached hydrogen (secondary N) is 1. The number of hydrogen-bond donors (Lipinski definition) is 1. The molecule has 1 saturated heterocycles. The Morgan fingerprint density at radius 3 is 2.47 bits per heavy atom. The Bertz CT molecular complexity index is 217. The van der Waals surface area contributed by atoms with Crippen molar-refractivity contribution in [3.8, 4) is 0 Å². The fraction of sp³-hybridized carbons (Fsp3) is 1.00. The van der Waals surface area contributed by atoms with Gasteiger partial charge in [-0.3, -0.25) is 4.90 Å². The molecule has 15 heavy (non-hydrogen) atoms. The first-order chi connectivity index (χ1) is 6.83. The molecule has 0 aromatic heterocycles. The van der Waals surface area contributed by atoms with Crippen molar-refractivity contribution in [3.05, 3.63) is 0 Å². The van der Waals surface area contributed by atoms with E-state index in [0.717, 1.165) is 13.0 Å². The van der Waals surface area contributed by atoms with E-state index in [-0.39, 0.29) is 12.1 Å². The number of nitrogens with zero attached hydrogens (tertiary/aromatic N) is 1. The molecule has 0 amide bonds. The average Bonchev–Trinajstić information content (AvgIpc) is 2.16. The maximum absolute atomic E-state index is 13.7. The minimum Gasteiger partial charge on any atom is -0.312 e. The summed E-state index contributed by atoms with van der Waals surface area (Å²) < 4.78 is 27.4. The maximum atomic E-state index is 13.7. The average molecular weight is 220 g/mol. The lowest BCUT2D eigenvalue weighted by molar-refractivity contribution is -0.111. The molecule has 0 spiro atoms. The Morgan fingerprint density at radius 2 is 2.07 bits per heavy atom. The van der Waals surface area contributed by atoms with Crippen LogP contribution in [-0.4, -0.2) is 42.5 Å². The van der Waals surface area contributed by atoms with Crippen molar-refractivity contribution in [2.24, 2.45) is 0 Å². The van der Waals surface area contributed by atoms with Crippen LogP contribution in [0.5, 0.6) is 0 Å². The Balaban J connectivity index is 2.70. The summed E-state index contributed by atoms with van der Waals surface area (Å²) in [5.74, 6) is -2.61. The Labute approximate surface area is 91.0 Å². The molecule has 1 aliphatic heterocycles. The van der Waals surface area contributed by atoms with Crippen molar-refractivity contribution < 1.29 is 8.78 Å². The zero-order valence-corrected chi connectivity index (χ0v) is 10.1. The third-order valence-electron chi connectivity index (χ3n) is 3.67. The molecule has 90 valence electrons. The first-order valence-corrected chi connectivity index (χ1v) is 5.63. The molecule has 1 N–H and O–H groups in total. The van der Waals surface area contributed by atoms with Gasteiger partial charge >= 0.3 is 0 Å². The fourth-order valence-electron chi connectivity index (χ4n) is 2.04. The maximum Gasteiger partial charge on any atom is 0.275 e. The number of rotatable bonds is 3. The summed E-state index contributed by atoms with van der Waals surface area (Å²) >= 11 is 0. The summed E-state index contributed by atoms with van der Waals surface area (Å²) in [4.78, 5) is 1.90. The van der Waals surface area contributed by atoms with E-state index in [9.17, 15) is 8.78 Å². The van der Waals surface area contributed by atoms with Crippen molar-refractivity contribution in [3.63, 3.8) is 0 Å². The molecule has 2 nitrogen and oxygen atoms in total. The van der Waals surface area contributed by atoms with Crippen molar-refractivity contribution in [1.29, 1.82) is 0 Å². The fourth-order valence-corrected chi connectivity index (χ4v) is 2.04. The van der Waals surface area contributed by atoms with Crippen LogP contribution in [-0.2, 0) is 0 Å². The van der Waals surface area contributed by atoms with Gasteiger partial charge in [0.2, 0.25) is 0 Å². The molecule has 1 atom stereocenters. The van der Waals surface area contributed by atoms with Crippen molar-refractivity contribution in [2.45, 2.75) is 51.1 Å². The summed E-state index contributed by atoms with van der Waals surface area (Å²) in [6, 6.07) is -0.665. The Kier molecular flexibility index (Phi) is 3.71. The van der Waals surface area contributed by atoms with E-state index in [1.54, 1.807) is 7.05 Å². The molecule has 1 unspecified atom stereocenters. The number of alkyl halides is 2. The Morgan fingerprint density at radius 1 is 1.47 bits per heavy atom. The van der Waals surface area contributed by atoms with Gasteiger partial charge in [-0.2, -0.15) is 0 Å². The zero-order chi connectivity index (χ0) is 11.7. The highest BCUT2D eigenvalue weighted by Crippen LogP contribution is 2.32. The lowest BCUT2D eigenvalue weighted by atomic mass is 9.92. The second-order valence-corrected chi connectivity index (χ2v) is 4.98. The monoisotopic (exact) mass is 220 g/mol. The van der Waals surface area contributed by atoms with E-state index in [4.69, 9.17) is 0 Å². The minimum absolute atomic E-state index is 0.123. The van der Waals surface area contributed by atoms with Crippen LogP contribution in [0.1, 0.15) is 33.6 Å². The largest absolute Gasteiger partial charge is 0.312 e. The van der Waals surface area contributed by atoms with Crippen LogP contribution in [0.3, 0.4) is 0 Å². The second-order valence-electron chi connectivity index (χ2n) is 4.98. The van der Waals surface area contributed by atoms with E-state index >= 15 is 0 Å². The third-order valence-corrected chi connectivity index (χ3v) is 3.67. The van der Waals surface area contributed by atoms with Gasteiger partial charge in [-0.25, -0.2) is 8.78 Å². The summed E-state index contributed by atoms with van der Waals surface area (Å²) in [6.07, 6.45) is 1.42. The summed E-state index contributed by atoms with van der Waals surface area (Å²) in [5, 5.41) is 2.71. The van der Waals surface area contributed by atoms with E-state index in [2.05, 4.69) is 5.32 Å². The van der Waals surface area contributed by atoms with Gasteiger partial charge in [-0.05, 0) is 33.7 Å². The predicted octanol–water partition coefficient (Wildman–Crippen LogP) is 2.10. The number of halogens is 2. The molecule has 0 aromatic rings. The first-order valence-electron chi connectivity index (χ1n) is 5.63. The van der Waals surface area contributed by atoms with Crippen LogP contribution < -0.4 is 5.32 Å². The van der Waals surface area contributed by atoms with Gasteiger partial charge in [0, 0.05) is 12.1 Å². The quantitative estimate of drug-likeness (QED) is 0.783. The third kappa shape index (κ3) is 2.67. The van der Waals surface area contributed by atoms with Gasteiger partial charge < -0.3 is 5.32 Å². The lowest BCUT2D eigenvalue weighted by Gasteiger charge is -2.45. The Hall–Kier alpha value is -0.220. The highest BCUT2D eigenvalue weighted by atomic mass is 19.3. The summed E-state index contributed by atoms with van der Waals surface area (Å²) in [7, 11) is 1.61. The molecule has 1 rings (SSSR count). The van der Waals surface area contributed by atoms with Crippen LogP contribution in [0, 0.1) is 0 Å². The van der Waals surface area contributed by atoms with E-state index in [1.807, 2.05) is 25.7 Å². The van der Waals surface area contributed by atoms with Crippen LogP contribution in [0.2, 0.25) is 0 Å². The predicted molar refractivity (Wildman–Crippen MR) is 58.4 cm³/mol. The van der Waals surface area contributed by atoms with Gasteiger partial charge in [-0.1, -0.05) is 6.92 Å². The molecule has 0 aliphatic carbocycles. The van der Waals surface area contributed by atoms with Gasteiger partial charge in [0.15, 0.2) is 0 Å². The smallest absolute Gasteiger partial charge is 0.275 e. The first kappa shape index (κ1) is 12.8. The van der Waals surface area contributed by atoms with E-state index in [1.165, 1.54) is 0 Å². The van der Waals surface area contributed by atoms with Gasteiger partial charge in [0.1, 0.15) is 0 Å². The number of piperidine rings is 1. The topological polar surface area (TPSA) is 15.3 Å². The minimum atomic E-state index is -2.61. The van der Waals surface area contributed by atoms with Gasteiger partial charge in [0.05, 0.1) is 12.6 Å². The second kappa shape index (κ2) is 4.34.